The molecule has 0 aliphatic heterocycles. The predicted molar refractivity (Wildman–Crippen MR) is 94.6 cm³/mol. The molecule has 0 amide bonds. The van der Waals surface area contributed by atoms with Crippen molar-refractivity contribution in [1.82, 2.24) is 19.3 Å². The Morgan fingerprint density at radius 3 is 2.58 bits per heavy atom. The number of aromatic nitrogens is 4. The first kappa shape index (κ1) is 16.0. The van der Waals surface area contributed by atoms with Gasteiger partial charge in [0.2, 0.25) is 0 Å². The standard InChI is InChI=1S/C17H21N5O2/c1-3-4-10-21-16(23)13-14(18-2)19-20-15(13)22(17(21)24)11-12-8-6-5-7-9-12/h5-9H,3-4,10-11H2,1-2H3,(H2,18,19,20). The average Bonchev–Trinajstić information content (AvgIpc) is 3.03. The van der Waals surface area contributed by atoms with Crippen LogP contribution in [0.5, 0.6) is 0 Å². The normalized spacial score (nSPS) is 11.1. The summed E-state index contributed by atoms with van der Waals surface area (Å²) in [6.45, 7) is 2.81. The summed E-state index contributed by atoms with van der Waals surface area (Å²) >= 11 is 0. The monoisotopic (exact) mass is 327 g/mol. The van der Waals surface area contributed by atoms with Crippen molar-refractivity contribution < 1.29 is 0 Å². The van der Waals surface area contributed by atoms with Crippen LogP contribution in [-0.2, 0) is 13.1 Å². The van der Waals surface area contributed by atoms with Gasteiger partial charge in [-0.3, -0.25) is 19.0 Å². The van der Waals surface area contributed by atoms with Crippen LogP contribution in [0, 0.1) is 0 Å². The van der Waals surface area contributed by atoms with Gasteiger partial charge in [0, 0.05) is 13.6 Å². The van der Waals surface area contributed by atoms with Gasteiger partial charge < -0.3 is 5.32 Å². The highest BCUT2D eigenvalue weighted by Crippen LogP contribution is 2.15. The number of hydrogen-bond acceptors (Lipinski definition) is 4. The predicted octanol–water partition coefficient (Wildman–Crippen LogP) is 1.78. The van der Waals surface area contributed by atoms with Crippen molar-refractivity contribution in [2.75, 3.05) is 12.4 Å². The fraction of sp³-hybridized carbons (Fsp3) is 0.353. The fourth-order valence-electron chi connectivity index (χ4n) is 2.79. The minimum absolute atomic E-state index is 0.300. The molecule has 3 rings (SSSR count). The molecule has 2 heterocycles. The largest absolute Gasteiger partial charge is 0.373 e. The Labute approximate surface area is 138 Å². The maximum atomic E-state index is 12.9. The highest BCUT2D eigenvalue weighted by Gasteiger charge is 2.18. The molecule has 0 unspecified atom stereocenters. The molecule has 3 aromatic rings. The summed E-state index contributed by atoms with van der Waals surface area (Å²) in [5.74, 6) is 0.530. The summed E-state index contributed by atoms with van der Waals surface area (Å²) in [5, 5.41) is 10.4. The van der Waals surface area contributed by atoms with Gasteiger partial charge in [-0.05, 0) is 12.0 Å². The number of rotatable bonds is 6. The highest BCUT2D eigenvalue weighted by atomic mass is 16.2. The Bertz CT molecular complexity index is 953. The summed E-state index contributed by atoms with van der Waals surface area (Å²) in [4.78, 5) is 25.6. The lowest BCUT2D eigenvalue weighted by Gasteiger charge is -2.11. The first-order valence-electron chi connectivity index (χ1n) is 8.10. The Morgan fingerprint density at radius 2 is 1.92 bits per heavy atom. The van der Waals surface area contributed by atoms with E-state index in [1.807, 2.05) is 37.3 Å². The lowest BCUT2D eigenvalue weighted by molar-refractivity contribution is 0.557. The summed E-state index contributed by atoms with van der Waals surface area (Å²) in [7, 11) is 1.72. The molecule has 0 radical (unpaired) electrons. The third-order valence-electron chi connectivity index (χ3n) is 4.09. The lowest BCUT2D eigenvalue weighted by atomic mass is 10.2. The molecule has 0 saturated carbocycles. The van der Waals surface area contributed by atoms with E-state index in [0.717, 1.165) is 18.4 Å². The first-order valence-corrected chi connectivity index (χ1v) is 8.10. The summed E-state index contributed by atoms with van der Waals surface area (Å²) in [5.41, 5.74) is 0.742. The molecule has 1 aromatic carbocycles. The first-order chi connectivity index (χ1) is 11.7. The Hall–Kier alpha value is -2.83. The number of nitrogens with one attached hydrogen (secondary N) is 2. The van der Waals surface area contributed by atoms with Crippen LogP contribution in [0.1, 0.15) is 25.3 Å². The van der Waals surface area contributed by atoms with Crippen molar-refractivity contribution in [3.63, 3.8) is 0 Å². The maximum absolute atomic E-state index is 12.9. The number of unbranched alkanes of at least 4 members (excludes halogenated alkanes) is 1. The molecule has 0 atom stereocenters. The van der Waals surface area contributed by atoms with Crippen LogP contribution < -0.4 is 16.6 Å². The zero-order chi connectivity index (χ0) is 17.1. The molecule has 7 nitrogen and oxygen atoms in total. The second kappa shape index (κ2) is 6.74. The molecule has 0 aliphatic rings. The van der Waals surface area contributed by atoms with Crippen LogP contribution in [0.4, 0.5) is 5.82 Å². The maximum Gasteiger partial charge on any atom is 0.333 e. The van der Waals surface area contributed by atoms with Crippen LogP contribution in [0.2, 0.25) is 0 Å². The van der Waals surface area contributed by atoms with E-state index in [1.165, 1.54) is 4.57 Å². The Kier molecular flexibility index (Phi) is 4.50. The van der Waals surface area contributed by atoms with Crippen molar-refractivity contribution in [3.05, 3.63) is 56.7 Å². The number of H-pyrrole nitrogens is 1. The zero-order valence-electron chi connectivity index (χ0n) is 13.9. The molecule has 0 spiro atoms. The van der Waals surface area contributed by atoms with Gasteiger partial charge in [-0.25, -0.2) is 4.79 Å². The average molecular weight is 327 g/mol. The number of benzene rings is 1. The van der Waals surface area contributed by atoms with Crippen molar-refractivity contribution in [1.29, 1.82) is 0 Å². The molecule has 0 aliphatic carbocycles. The lowest BCUT2D eigenvalue weighted by Crippen LogP contribution is -2.40. The fourth-order valence-corrected chi connectivity index (χ4v) is 2.79. The van der Waals surface area contributed by atoms with E-state index in [2.05, 4.69) is 15.5 Å². The van der Waals surface area contributed by atoms with Crippen molar-refractivity contribution >= 4 is 16.9 Å². The van der Waals surface area contributed by atoms with Gasteiger partial charge in [0.1, 0.15) is 11.2 Å². The van der Waals surface area contributed by atoms with Crippen LogP contribution in [0.15, 0.2) is 39.9 Å². The number of hydrogen-bond donors (Lipinski definition) is 2. The Balaban J connectivity index is 2.24. The van der Waals surface area contributed by atoms with Gasteiger partial charge in [-0.2, -0.15) is 5.10 Å². The second-order valence-electron chi connectivity index (χ2n) is 5.71. The van der Waals surface area contributed by atoms with E-state index in [0.29, 0.717) is 29.9 Å². The summed E-state index contributed by atoms with van der Waals surface area (Å²) < 4.78 is 2.87. The van der Waals surface area contributed by atoms with Gasteiger partial charge in [0.25, 0.3) is 5.56 Å². The van der Waals surface area contributed by atoms with Gasteiger partial charge in [0.05, 0.1) is 6.54 Å². The number of nitrogens with zero attached hydrogens (tertiary/aromatic N) is 3. The molecule has 0 fully saturated rings. The van der Waals surface area contributed by atoms with Gasteiger partial charge >= 0.3 is 5.69 Å². The zero-order valence-corrected chi connectivity index (χ0v) is 13.9. The van der Waals surface area contributed by atoms with Crippen molar-refractivity contribution in [2.45, 2.75) is 32.9 Å². The van der Waals surface area contributed by atoms with E-state index in [-0.39, 0.29) is 11.2 Å². The van der Waals surface area contributed by atoms with Crippen LogP contribution in [0.3, 0.4) is 0 Å². The number of aromatic amines is 1. The van der Waals surface area contributed by atoms with Gasteiger partial charge in [0.15, 0.2) is 5.65 Å². The summed E-state index contributed by atoms with van der Waals surface area (Å²) in [6, 6.07) is 9.68. The smallest absolute Gasteiger partial charge is 0.333 e. The van der Waals surface area contributed by atoms with Crippen molar-refractivity contribution in [3.8, 4) is 0 Å². The molecule has 2 N–H and O–H groups in total. The third-order valence-corrected chi connectivity index (χ3v) is 4.09. The number of fused-ring (bicyclic) bond motifs is 1. The molecular weight excluding hydrogens is 306 g/mol. The molecule has 24 heavy (non-hydrogen) atoms. The van der Waals surface area contributed by atoms with Crippen LogP contribution in [0.25, 0.3) is 11.0 Å². The second-order valence-corrected chi connectivity index (χ2v) is 5.71. The molecule has 126 valence electrons. The minimum atomic E-state index is -0.320. The SMILES string of the molecule is CCCCn1c(=O)c2c(NC)[nH]nc2n(Cc2ccccc2)c1=O. The van der Waals surface area contributed by atoms with Gasteiger partial charge in [-0.15, -0.1) is 0 Å². The molecule has 0 saturated heterocycles. The third kappa shape index (κ3) is 2.73. The molecule has 0 bridgehead atoms. The highest BCUT2D eigenvalue weighted by molar-refractivity contribution is 5.86. The topological polar surface area (TPSA) is 84.7 Å². The van der Waals surface area contributed by atoms with E-state index in [9.17, 15) is 9.59 Å². The molecular formula is C17H21N5O2. The summed E-state index contributed by atoms with van der Waals surface area (Å²) in [6.07, 6.45) is 1.69. The van der Waals surface area contributed by atoms with Crippen LogP contribution in [-0.4, -0.2) is 26.4 Å². The quantitative estimate of drug-likeness (QED) is 0.723. The van der Waals surface area contributed by atoms with E-state index >= 15 is 0 Å². The number of anilines is 1. The van der Waals surface area contributed by atoms with Gasteiger partial charge in [-0.1, -0.05) is 43.7 Å². The van der Waals surface area contributed by atoms with E-state index in [1.54, 1.807) is 11.6 Å². The van der Waals surface area contributed by atoms with Crippen LogP contribution >= 0.6 is 0 Å². The van der Waals surface area contributed by atoms with E-state index < -0.39 is 0 Å². The van der Waals surface area contributed by atoms with E-state index in [4.69, 9.17) is 0 Å². The molecule has 2 aromatic heterocycles. The molecule has 7 heteroatoms. The minimum Gasteiger partial charge on any atom is -0.373 e. The Morgan fingerprint density at radius 1 is 1.17 bits per heavy atom. The van der Waals surface area contributed by atoms with Crippen molar-refractivity contribution in [2.24, 2.45) is 0 Å².